The number of hydrogen-bond donors (Lipinski definition) is 1. The van der Waals surface area contributed by atoms with Gasteiger partial charge in [0.15, 0.2) is 11.6 Å². The Hall–Kier alpha value is -4.13. The summed E-state index contributed by atoms with van der Waals surface area (Å²) in [7, 11) is 0. The van der Waals surface area contributed by atoms with Crippen LogP contribution in [0.25, 0.3) is 28.1 Å². The van der Waals surface area contributed by atoms with Crippen LogP contribution in [0.15, 0.2) is 77.9 Å². The summed E-state index contributed by atoms with van der Waals surface area (Å²) in [6.07, 6.45) is 1.75. The molecule has 2 aromatic carbocycles. The van der Waals surface area contributed by atoms with E-state index < -0.39 is 11.6 Å². The standard InChI is InChI=1S/C27H23F2N5/c1-16(2)31-24-15-27-25(14-23(24)32-21-8-6-12-30-17(21)3)33-22-7-4-5-9-26(22)34(27)18-10-11-19(28)20(29)13-18/h4-16,32H,1-3H3. The van der Waals surface area contributed by atoms with E-state index in [1.807, 2.05) is 73.9 Å². The van der Waals surface area contributed by atoms with Crippen molar-refractivity contribution in [2.75, 3.05) is 5.32 Å². The number of nitrogens with zero attached hydrogens (tertiary/aromatic N) is 4. The first-order chi connectivity index (χ1) is 16.4. The van der Waals surface area contributed by atoms with Crippen molar-refractivity contribution in [1.29, 1.82) is 0 Å². The fourth-order valence-corrected chi connectivity index (χ4v) is 3.99. The number of hydrogen-bond acceptors (Lipinski definition) is 4. The number of rotatable bonds is 4. The Morgan fingerprint density at radius 2 is 1.74 bits per heavy atom. The van der Waals surface area contributed by atoms with E-state index in [4.69, 9.17) is 9.98 Å². The van der Waals surface area contributed by atoms with Crippen molar-refractivity contribution in [2.24, 2.45) is 4.99 Å². The number of fused-ring (bicyclic) bond motifs is 2. The van der Waals surface area contributed by atoms with E-state index in [1.165, 1.54) is 6.07 Å². The Morgan fingerprint density at radius 1 is 0.912 bits per heavy atom. The number of pyridine rings is 1. The number of para-hydroxylation sites is 2. The van der Waals surface area contributed by atoms with Gasteiger partial charge in [-0.3, -0.25) is 9.98 Å². The van der Waals surface area contributed by atoms with Crippen molar-refractivity contribution < 1.29 is 8.78 Å². The number of aryl methyl sites for hydroxylation is 1. The topological polar surface area (TPSA) is 55.1 Å². The van der Waals surface area contributed by atoms with Gasteiger partial charge in [-0.15, -0.1) is 0 Å². The van der Waals surface area contributed by atoms with Crippen LogP contribution in [0, 0.1) is 18.6 Å². The minimum atomic E-state index is -0.906. The quantitative estimate of drug-likeness (QED) is 0.330. The zero-order chi connectivity index (χ0) is 23.8. The molecule has 0 amide bonds. The maximum absolute atomic E-state index is 14.2. The Bertz CT molecular complexity index is 1560. The largest absolute Gasteiger partial charge is 0.352 e. The third-order valence-corrected chi connectivity index (χ3v) is 5.53. The van der Waals surface area contributed by atoms with Crippen LogP contribution in [0.5, 0.6) is 0 Å². The molecular weight excluding hydrogens is 432 g/mol. The molecule has 2 heterocycles. The van der Waals surface area contributed by atoms with Crippen LogP contribution in [0.4, 0.5) is 20.2 Å². The Morgan fingerprint density at radius 3 is 2.50 bits per heavy atom. The van der Waals surface area contributed by atoms with Gasteiger partial charge in [0.25, 0.3) is 0 Å². The Balaban J connectivity index is 1.84. The van der Waals surface area contributed by atoms with Crippen molar-refractivity contribution in [3.8, 4) is 17.1 Å². The summed E-state index contributed by atoms with van der Waals surface area (Å²) in [5.41, 5.74) is 5.96. The second kappa shape index (κ2) is 8.67. The number of nitrogens with one attached hydrogen (secondary N) is 1. The summed E-state index contributed by atoms with van der Waals surface area (Å²) in [5.74, 6) is -1.79. The summed E-state index contributed by atoms with van der Waals surface area (Å²) in [5, 5.41) is 4.18. The molecule has 5 rings (SSSR count). The minimum Gasteiger partial charge on any atom is -0.352 e. The van der Waals surface area contributed by atoms with Crippen molar-refractivity contribution in [1.82, 2.24) is 14.5 Å². The Kier molecular flexibility index (Phi) is 5.53. The summed E-state index contributed by atoms with van der Waals surface area (Å²) in [4.78, 5) is 14.0. The highest BCUT2D eigenvalue weighted by Crippen LogP contribution is 2.31. The maximum Gasteiger partial charge on any atom is 0.160 e. The van der Waals surface area contributed by atoms with Crippen LogP contribution in [-0.4, -0.2) is 20.6 Å². The van der Waals surface area contributed by atoms with Gasteiger partial charge in [0.1, 0.15) is 0 Å². The van der Waals surface area contributed by atoms with Gasteiger partial charge in [-0.2, -0.15) is 0 Å². The van der Waals surface area contributed by atoms with Gasteiger partial charge in [0.2, 0.25) is 0 Å². The molecule has 7 heteroatoms. The molecule has 0 saturated carbocycles. The van der Waals surface area contributed by atoms with E-state index in [9.17, 15) is 8.78 Å². The predicted molar refractivity (Wildman–Crippen MR) is 131 cm³/mol. The normalized spacial score (nSPS) is 12.1. The lowest BCUT2D eigenvalue weighted by molar-refractivity contribution is 0.508. The maximum atomic E-state index is 14.2. The van der Waals surface area contributed by atoms with E-state index in [2.05, 4.69) is 10.3 Å². The van der Waals surface area contributed by atoms with Gasteiger partial charge in [-0.1, -0.05) is 12.1 Å². The molecule has 5 nitrogen and oxygen atoms in total. The molecule has 0 atom stereocenters. The van der Waals surface area contributed by atoms with Gasteiger partial charge < -0.3 is 9.88 Å². The van der Waals surface area contributed by atoms with Crippen LogP contribution < -0.4 is 10.7 Å². The first-order valence-corrected chi connectivity index (χ1v) is 11.0. The Labute approximate surface area is 195 Å². The summed E-state index contributed by atoms with van der Waals surface area (Å²) in [6.45, 7) is 5.95. The van der Waals surface area contributed by atoms with E-state index in [-0.39, 0.29) is 6.04 Å². The number of aromatic nitrogens is 3. The van der Waals surface area contributed by atoms with Gasteiger partial charge >= 0.3 is 0 Å². The highest BCUT2D eigenvalue weighted by Gasteiger charge is 2.18. The average molecular weight is 456 g/mol. The van der Waals surface area contributed by atoms with Crippen molar-refractivity contribution in [3.05, 3.63) is 95.6 Å². The summed E-state index contributed by atoms with van der Waals surface area (Å²) >= 11 is 0. The van der Waals surface area contributed by atoms with Crippen LogP contribution in [-0.2, 0) is 0 Å². The highest BCUT2D eigenvalue weighted by molar-refractivity contribution is 5.84. The molecule has 1 aliphatic carbocycles. The smallest absolute Gasteiger partial charge is 0.160 e. The van der Waals surface area contributed by atoms with Gasteiger partial charge in [-0.05, 0) is 69.3 Å². The molecule has 0 saturated heterocycles. The van der Waals surface area contributed by atoms with E-state index in [1.54, 1.807) is 12.3 Å². The molecule has 0 fully saturated rings. The van der Waals surface area contributed by atoms with Crippen LogP contribution in [0.2, 0.25) is 0 Å². The molecular formula is C27H23F2N5. The lowest BCUT2D eigenvalue weighted by Gasteiger charge is -2.20. The second-order valence-corrected chi connectivity index (χ2v) is 8.38. The molecule has 34 heavy (non-hydrogen) atoms. The summed E-state index contributed by atoms with van der Waals surface area (Å²) in [6, 6.07) is 19.3. The molecule has 1 aliphatic heterocycles. The molecule has 0 spiro atoms. The SMILES string of the molecule is Cc1ncccc1Nc1cc2nc3ccccc3n(-c3ccc(F)c(F)c3)c-2cc1=NC(C)C. The zero-order valence-electron chi connectivity index (χ0n) is 19.1. The zero-order valence-corrected chi connectivity index (χ0v) is 19.1. The van der Waals surface area contributed by atoms with Crippen LogP contribution in [0.3, 0.4) is 0 Å². The van der Waals surface area contributed by atoms with Crippen molar-refractivity contribution >= 4 is 22.4 Å². The fraction of sp³-hybridized carbons (Fsp3) is 0.148. The third-order valence-electron chi connectivity index (χ3n) is 5.53. The molecule has 1 N–H and O–H groups in total. The monoisotopic (exact) mass is 455 g/mol. The van der Waals surface area contributed by atoms with Crippen LogP contribution in [0.1, 0.15) is 19.5 Å². The van der Waals surface area contributed by atoms with Gasteiger partial charge in [0.05, 0.1) is 44.8 Å². The molecule has 170 valence electrons. The minimum absolute atomic E-state index is 0.0399. The number of benzene rings is 3. The van der Waals surface area contributed by atoms with Gasteiger partial charge in [-0.25, -0.2) is 13.8 Å². The van der Waals surface area contributed by atoms with E-state index >= 15 is 0 Å². The lowest BCUT2D eigenvalue weighted by Crippen LogP contribution is -2.17. The average Bonchev–Trinajstić information content (AvgIpc) is 2.81. The van der Waals surface area contributed by atoms with Crippen molar-refractivity contribution in [3.63, 3.8) is 0 Å². The second-order valence-electron chi connectivity index (χ2n) is 8.38. The molecule has 2 aliphatic rings. The first-order valence-electron chi connectivity index (χ1n) is 11.0. The van der Waals surface area contributed by atoms with Crippen LogP contribution >= 0.6 is 0 Å². The molecule has 0 unspecified atom stereocenters. The first kappa shape index (κ1) is 21.7. The highest BCUT2D eigenvalue weighted by atomic mass is 19.2. The van der Waals surface area contributed by atoms with Crippen molar-refractivity contribution in [2.45, 2.75) is 26.8 Å². The molecule has 1 aromatic heterocycles. The molecule has 0 radical (unpaired) electrons. The molecule has 3 aromatic rings. The lowest BCUT2D eigenvalue weighted by atomic mass is 10.1. The predicted octanol–water partition coefficient (Wildman–Crippen LogP) is 6.16. The third kappa shape index (κ3) is 4.01. The fourth-order valence-electron chi connectivity index (χ4n) is 3.99. The molecule has 0 bridgehead atoms. The van der Waals surface area contributed by atoms with Gasteiger partial charge in [0, 0.05) is 24.0 Å². The number of anilines is 2. The van der Waals surface area contributed by atoms with E-state index in [0.717, 1.165) is 45.2 Å². The van der Waals surface area contributed by atoms with E-state index in [0.29, 0.717) is 11.4 Å². The number of halogens is 2. The summed E-state index contributed by atoms with van der Waals surface area (Å²) < 4.78 is 29.8.